The van der Waals surface area contributed by atoms with Crippen molar-refractivity contribution in [3.05, 3.63) is 0 Å². The van der Waals surface area contributed by atoms with Gasteiger partial charge in [-0.1, -0.05) is 20.3 Å². The van der Waals surface area contributed by atoms with Gasteiger partial charge in [-0.3, -0.25) is 9.80 Å². The van der Waals surface area contributed by atoms with Gasteiger partial charge < -0.3 is 4.90 Å². The Morgan fingerprint density at radius 2 is 1.58 bits per heavy atom. The number of hydrogen-bond acceptors (Lipinski definition) is 3. The Kier molecular flexibility index (Phi) is 6.26. The fourth-order valence-corrected chi connectivity index (χ4v) is 4.97. The van der Waals surface area contributed by atoms with E-state index >= 15 is 0 Å². The van der Waals surface area contributed by atoms with Crippen LogP contribution >= 0.6 is 0 Å². The smallest absolute Gasteiger partial charge is 0.0338 e. The van der Waals surface area contributed by atoms with Crippen molar-refractivity contribution < 1.29 is 0 Å². The van der Waals surface area contributed by atoms with Gasteiger partial charge in [0.1, 0.15) is 0 Å². The zero-order chi connectivity index (χ0) is 17.2. The lowest BCUT2D eigenvalue weighted by Crippen LogP contribution is -2.59. The molecule has 2 aliphatic heterocycles. The third kappa shape index (κ3) is 3.99. The summed E-state index contributed by atoms with van der Waals surface area (Å²) in [7, 11) is 0. The molecule has 24 heavy (non-hydrogen) atoms. The second-order valence-corrected chi connectivity index (χ2v) is 8.80. The first-order valence-corrected chi connectivity index (χ1v) is 10.9. The van der Waals surface area contributed by atoms with Gasteiger partial charge in [-0.2, -0.15) is 0 Å². The van der Waals surface area contributed by atoms with E-state index in [4.69, 9.17) is 0 Å². The molecule has 4 rings (SSSR count). The van der Waals surface area contributed by atoms with Gasteiger partial charge in [-0.05, 0) is 71.4 Å². The van der Waals surface area contributed by atoms with Crippen molar-refractivity contribution >= 4 is 0 Å². The van der Waals surface area contributed by atoms with Gasteiger partial charge in [-0.25, -0.2) is 0 Å². The van der Waals surface area contributed by atoms with E-state index in [2.05, 4.69) is 28.5 Å². The van der Waals surface area contributed by atoms with E-state index in [0.717, 1.165) is 18.0 Å². The Bertz CT molecular complexity index is 379. The molecule has 4 fully saturated rings. The standard InChI is InChI=1S/C19H35N3.C2H6/c1-16(2)20-10-6-17(7-11-20)14-22-13-12-21(18-4-3-5-18)15-19(22)8-9-19;1-2/h16-18H,3-15H2,1-2H3;1-2H3. The van der Waals surface area contributed by atoms with Crippen LogP contribution in [0.2, 0.25) is 0 Å². The lowest BCUT2D eigenvalue weighted by Gasteiger charge is -2.49. The highest BCUT2D eigenvalue weighted by molar-refractivity contribution is 5.09. The Morgan fingerprint density at radius 1 is 0.917 bits per heavy atom. The van der Waals surface area contributed by atoms with E-state index in [1.54, 1.807) is 0 Å². The third-order valence-corrected chi connectivity index (χ3v) is 7.10. The molecule has 1 spiro atoms. The van der Waals surface area contributed by atoms with Crippen LogP contribution in [-0.2, 0) is 0 Å². The average molecular weight is 336 g/mol. The molecule has 3 heteroatoms. The van der Waals surface area contributed by atoms with Crippen molar-refractivity contribution in [2.75, 3.05) is 39.3 Å². The second-order valence-electron chi connectivity index (χ2n) is 8.80. The maximum atomic E-state index is 2.91. The molecular formula is C21H41N3. The number of rotatable bonds is 4. The summed E-state index contributed by atoms with van der Waals surface area (Å²) in [5, 5.41) is 0. The third-order valence-electron chi connectivity index (χ3n) is 7.10. The van der Waals surface area contributed by atoms with Gasteiger partial charge in [0.05, 0.1) is 0 Å². The zero-order valence-electron chi connectivity index (χ0n) is 16.8. The molecule has 0 amide bonds. The van der Waals surface area contributed by atoms with Crippen molar-refractivity contribution in [2.24, 2.45) is 5.92 Å². The van der Waals surface area contributed by atoms with Gasteiger partial charge in [0.25, 0.3) is 0 Å². The van der Waals surface area contributed by atoms with E-state index in [-0.39, 0.29) is 0 Å². The van der Waals surface area contributed by atoms with E-state index in [0.29, 0.717) is 5.54 Å². The number of nitrogens with zero attached hydrogens (tertiary/aromatic N) is 3. The maximum absolute atomic E-state index is 2.91. The average Bonchev–Trinajstić information content (AvgIpc) is 3.31. The summed E-state index contributed by atoms with van der Waals surface area (Å²) in [4.78, 5) is 8.42. The summed E-state index contributed by atoms with van der Waals surface area (Å²) in [5.41, 5.74) is 0.614. The first-order valence-electron chi connectivity index (χ1n) is 10.9. The second kappa shape index (κ2) is 8.05. The molecule has 3 nitrogen and oxygen atoms in total. The highest BCUT2D eigenvalue weighted by atomic mass is 15.3. The summed E-state index contributed by atoms with van der Waals surface area (Å²) >= 11 is 0. The van der Waals surface area contributed by atoms with Crippen LogP contribution in [0.3, 0.4) is 0 Å². The molecule has 0 atom stereocenters. The predicted octanol–water partition coefficient (Wildman–Crippen LogP) is 3.84. The number of hydrogen-bond donors (Lipinski definition) is 0. The fourth-order valence-electron chi connectivity index (χ4n) is 4.97. The largest absolute Gasteiger partial charge is 0.301 e. The molecule has 0 radical (unpaired) electrons. The van der Waals surface area contributed by atoms with Crippen LogP contribution in [0.25, 0.3) is 0 Å². The molecule has 140 valence electrons. The molecule has 0 aromatic rings. The number of piperidine rings is 1. The normalized spacial score (nSPS) is 29.4. The first kappa shape index (κ1) is 18.7. The van der Waals surface area contributed by atoms with Gasteiger partial charge in [0.15, 0.2) is 0 Å². The van der Waals surface area contributed by atoms with Crippen LogP contribution in [0.4, 0.5) is 0 Å². The van der Waals surface area contributed by atoms with E-state index in [1.807, 2.05) is 13.8 Å². The van der Waals surface area contributed by atoms with Gasteiger partial charge in [0, 0.05) is 43.8 Å². The monoisotopic (exact) mass is 335 g/mol. The quantitative estimate of drug-likeness (QED) is 0.773. The molecule has 0 N–H and O–H groups in total. The Balaban J connectivity index is 0.000000815. The van der Waals surface area contributed by atoms with Gasteiger partial charge in [-0.15, -0.1) is 0 Å². The zero-order valence-corrected chi connectivity index (χ0v) is 16.8. The molecule has 4 aliphatic rings. The molecular weight excluding hydrogens is 294 g/mol. The first-order chi connectivity index (χ1) is 11.7. The van der Waals surface area contributed by atoms with Crippen LogP contribution < -0.4 is 0 Å². The molecule has 2 saturated heterocycles. The van der Waals surface area contributed by atoms with Crippen molar-refractivity contribution in [1.82, 2.24) is 14.7 Å². The summed E-state index contributed by atoms with van der Waals surface area (Å²) < 4.78 is 0. The molecule has 2 saturated carbocycles. The Labute approximate surface area is 150 Å². The maximum Gasteiger partial charge on any atom is 0.0338 e. The highest BCUT2D eigenvalue weighted by Crippen LogP contribution is 2.46. The lowest BCUT2D eigenvalue weighted by molar-refractivity contribution is -0.00133. The van der Waals surface area contributed by atoms with Crippen LogP contribution in [0.5, 0.6) is 0 Å². The lowest BCUT2D eigenvalue weighted by atomic mass is 9.89. The Morgan fingerprint density at radius 3 is 2.08 bits per heavy atom. The van der Waals surface area contributed by atoms with Crippen LogP contribution in [-0.4, -0.2) is 71.6 Å². The predicted molar refractivity (Wildman–Crippen MR) is 104 cm³/mol. The number of piperazine rings is 1. The summed E-state index contributed by atoms with van der Waals surface area (Å²) in [6, 6.07) is 1.69. The van der Waals surface area contributed by atoms with Crippen molar-refractivity contribution in [1.29, 1.82) is 0 Å². The van der Waals surface area contributed by atoms with Crippen LogP contribution in [0.15, 0.2) is 0 Å². The summed E-state index contributed by atoms with van der Waals surface area (Å²) in [5.74, 6) is 0.961. The SMILES string of the molecule is CC.CC(C)N1CCC(CN2CCN(C3CCC3)CC23CC3)CC1. The summed E-state index contributed by atoms with van der Waals surface area (Å²) in [6.07, 6.45) is 10.2. The minimum atomic E-state index is 0.614. The van der Waals surface area contributed by atoms with Crippen LogP contribution in [0, 0.1) is 5.92 Å². The van der Waals surface area contributed by atoms with E-state index in [9.17, 15) is 0 Å². The topological polar surface area (TPSA) is 9.72 Å². The van der Waals surface area contributed by atoms with E-state index < -0.39 is 0 Å². The molecule has 0 aromatic carbocycles. The molecule has 0 unspecified atom stereocenters. The van der Waals surface area contributed by atoms with Crippen molar-refractivity contribution in [2.45, 2.75) is 90.3 Å². The molecule has 0 bridgehead atoms. The van der Waals surface area contributed by atoms with Crippen molar-refractivity contribution in [3.63, 3.8) is 0 Å². The minimum Gasteiger partial charge on any atom is -0.301 e. The number of likely N-dealkylation sites (tertiary alicyclic amines) is 1. The van der Waals surface area contributed by atoms with Crippen molar-refractivity contribution in [3.8, 4) is 0 Å². The highest BCUT2D eigenvalue weighted by Gasteiger charge is 2.52. The van der Waals surface area contributed by atoms with Gasteiger partial charge in [0.2, 0.25) is 0 Å². The Hall–Kier alpha value is -0.120. The van der Waals surface area contributed by atoms with E-state index in [1.165, 1.54) is 84.2 Å². The molecule has 0 aromatic heterocycles. The van der Waals surface area contributed by atoms with Crippen LogP contribution in [0.1, 0.15) is 72.6 Å². The summed E-state index contributed by atoms with van der Waals surface area (Å²) in [6.45, 7) is 16.8. The molecule has 2 heterocycles. The fraction of sp³-hybridized carbons (Fsp3) is 1.00. The minimum absolute atomic E-state index is 0.614. The van der Waals surface area contributed by atoms with Gasteiger partial charge >= 0.3 is 0 Å². The molecule has 2 aliphatic carbocycles.